The van der Waals surface area contributed by atoms with E-state index in [1.54, 1.807) is 23.6 Å². The van der Waals surface area contributed by atoms with Gasteiger partial charge in [0.2, 0.25) is 0 Å². The van der Waals surface area contributed by atoms with Gasteiger partial charge in [0.1, 0.15) is 16.9 Å². The van der Waals surface area contributed by atoms with Crippen molar-refractivity contribution in [1.29, 1.82) is 5.26 Å². The number of nitrogens with zero attached hydrogens (tertiary/aromatic N) is 3. The summed E-state index contributed by atoms with van der Waals surface area (Å²) in [5, 5.41) is 13.4. The molecule has 0 fully saturated rings. The molecule has 2 heterocycles. The third-order valence-electron chi connectivity index (χ3n) is 2.35. The zero-order valence-electron chi connectivity index (χ0n) is 9.22. The van der Waals surface area contributed by atoms with Gasteiger partial charge in [-0.15, -0.1) is 0 Å². The van der Waals surface area contributed by atoms with Crippen LogP contribution >= 0.6 is 22.9 Å². The van der Waals surface area contributed by atoms with Crippen molar-refractivity contribution in [1.82, 2.24) is 4.98 Å². The molecule has 0 spiro atoms. The SMILES string of the molecule is CN(Cc1ccsc1)c1nccc(C#N)c1Cl. The summed E-state index contributed by atoms with van der Waals surface area (Å²) in [5.41, 5.74) is 1.66. The van der Waals surface area contributed by atoms with Gasteiger partial charge in [0.25, 0.3) is 0 Å². The van der Waals surface area contributed by atoms with Crippen LogP contribution < -0.4 is 4.90 Å². The summed E-state index contributed by atoms with van der Waals surface area (Å²) in [6.45, 7) is 0.727. The highest BCUT2D eigenvalue weighted by Gasteiger charge is 2.11. The van der Waals surface area contributed by atoms with Crippen LogP contribution in [-0.2, 0) is 6.54 Å². The highest BCUT2D eigenvalue weighted by molar-refractivity contribution is 7.07. The van der Waals surface area contributed by atoms with Crippen molar-refractivity contribution in [3.05, 3.63) is 45.2 Å². The van der Waals surface area contributed by atoms with Crippen LogP contribution in [0.15, 0.2) is 29.1 Å². The molecule has 0 aliphatic heterocycles. The number of aromatic nitrogens is 1. The number of anilines is 1. The number of thiophene rings is 1. The summed E-state index contributed by atoms with van der Waals surface area (Å²) in [6.07, 6.45) is 1.60. The maximum Gasteiger partial charge on any atom is 0.148 e. The lowest BCUT2D eigenvalue weighted by atomic mass is 10.2. The molecule has 0 radical (unpaired) electrons. The highest BCUT2D eigenvalue weighted by atomic mass is 35.5. The lowest BCUT2D eigenvalue weighted by Gasteiger charge is -2.18. The molecule has 0 aromatic carbocycles. The molecule has 0 amide bonds. The lowest BCUT2D eigenvalue weighted by molar-refractivity contribution is 0.901. The molecule has 86 valence electrons. The van der Waals surface area contributed by atoms with Gasteiger partial charge in [0.05, 0.1) is 5.56 Å². The standard InChI is InChI=1S/C12H10ClN3S/c1-16(7-9-3-5-17-8-9)12-11(13)10(6-14)2-4-15-12/h2-5,8H,7H2,1H3. The van der Waals surface area contributed by atoms with Crippen molar-refractivity contribution in [2.24, 2.45) is 0 Å². The molecule has 0 bridgehead atoms. The molecule has 0 saturated carbocycles. The second kappa shape index (κ2) is 5.17. The van der Waals surface area contributed by atoms with Crippen LogP contribution in [0.2, 0.25) is 5.02 Å². The van der Waals surface area contributed by atoms with Crippen molar-refractivity contribution in [2.45, 2.75) is 6.54 Å². The Kier molecular flexibility index (Phi) is 3.62. The molecule has 2 aromatic rings. The Balaban J connectivity index is 2.25. The molecule has 0 atom stereocenters. The van der Waals surface area contributed by atoms with Gasteiger partial charge in [-0.1, -0.05) is 11.6 Å². The molecule has 17 heavy (non-hydrogen) atoms. The minimum absolute atomic E-state index is 0.410. The predicted octanol–water partition coefficient (Wildman–Crippen LogP) is 3.30. The van der Waals surface area contributed by atoms with Crippen LogP contribution in [-0.4, -0.2) is 12.0 Å². The Morgan fingerprint density at radius 2 is 2.35 bits per heavy atom. The van der Waals surface area contributed by atoms with Crippen LogP contribution in [0.3, 0.4) is 0 Å². The highest BCUT2D eigenvalue weighted by Crippen LogP contribution is 2.26. The Bertz CT molecular complexity index is 545. The van der Waals surface area contributed by atoms with E-state index in [2.05, 4.69) is 22.5 Å². The van der Waals surface area contributed by atoms with Crippen molar-refractivity contribution in [3.63, 3.8) is 0 Å². The molecular weight excluding hydrogens is 254 g/mol. The Labute approximate surface area is 109 Å². The van der Waals surface area contributed by atoms with Crippen molar-refractivity contribution < 1.29 is 0 Å². The number of pyridine rings is 1. The maximum absolute atomic E-state index is 8.90. The second-order valence-electron chi connectivity index (χ2n) is 3.60. The average Bonchev–Trinajstić information content (AvgIpc) is 2.82. The van der Waals surface area contributed by atoms with E-state index in [0.29, 0.717) is 16.4 Å². The lowest BCUT2D eigenvalue weighted by Crippen LogP contribution is -2.17. The minimum Gasteiger partial charge on any atom is -0.354 e. The van der Waals surface area contributed by atoms with Gasteiger partial charge < -0.3 is 4.90 Å². The van der Waals surface area contributed by atoms with E-state index in [1.165, 1.54) is 5.56 Å². The zero-order valence-corrected chi connectivity index (χ0v) is 10.8. The first-order valence-corrected chi connectivity index (χ1v) is 6.31. The minimum atomic E-state index is 0.410. The molecule has 5 heteroatoms. The molecule has 2 aromatic heterocycles. The Morgan fingerprint density at radius 3 is 3.00 bits per heavy atom. The first kappa shape index (κ1) is 11.9. The van der Waals surface area contributed by atoms with Gasteiger partial charge in [-0.05, 0) is 28.5 Å². The molecule has 0 saturated heterocycles. The van der Waals surface area contributed by atoms with E-state index in [-0.39, 0.29) is 0 Å². The van der Waals surface area contributed by atoms with Crippen LogP contribution in [0.4, 0.5) is 5.82 Å². The van der Waals surface area contributed by atoms with Gasteiger partial charge in [-0.2, -0.15) is 16.6 Å². The fraction of sp³-hybridized carbons (Fsp3) is 0.167. The maximum atomic E-state index is 8.90. The number of hydrogen-bond donors (Lipinski definition) is 0. The van der Waals surface area contributed by atoms with E-state index in [1.807, 2.05) is 17.3 Å². The number of hydrogen-bond acceptors (Lipinski definition) is 4. The van der Waals surface area contributed by atoms with Crippen LogP contribution in [0, 0.1) is 11.3 Å². The molecule has 3 nitrogen and oxygen atoms in total. The molecule has 0 unspecified atom stereocenters. The van der Waals surface area contributed by atoms with Gasteiger partial charge >= 0.3 is 0 Å². The summed E-state index contributed by atoms with van der Waals surface area (Å²) >= 11 is 7.78. The van der Waals surface area contributed by atoms with E-state index >= 15 is 0 Å². The number of nitriles is 1. The largest absolute Gasteiger partial charge is 0.354 e. The smallest absolute Gasteiger partial charge is 0.148 e. The van der Waals surface area contributed by atoms with E-state index in [0.717, 1.165) is 6.54 Å². The number of halogens is 1. The molecule has 0 aliphatic carbocycles. The van der Waals surface area contributed by atoms with E-state index in [4.69, 9.17) is 16.9 Å². The van der Waals surface area contributed by atoms with Crippen molar-refractivity contribution >= 4 is 28.8 Å². The summed E-state index contributed by atoms with van der Waals surface area (Å²) in [6, 6.07) is 5.73. The summed E-state index contributed by atoms with van der Waals surface area (Å²) in [7, 11) is 1.91. The first-order chi connectivity index (χ1) is 8.22. The van der Waals surface area contributed by atoms with Gasteiger partial charge in [0, 0.05) is 19.8 Å². The summed E-state index contributed by atoms with van der Waals surface area (Å²) in [4.78, 5) is 6.15. The number of rotatable bonds is 3. The predicted molar refractivity (Wildman–Crippen MR) is 70.4 cm³/mol. The third-order valence-corrected chi connectivity index (χ3v) is 3.46. The van der Waals surface area contributed by atoms with Crippen molar-refractivity contribution in [3.8, 4) is 6.07 Å². The van der Waals surface area contributed by atoms with Crippen LogP contribution in [0.25, 0.3) is 0 Å². The third kappa shape index (κ3) is 2.57. The summed E-state index contributed by atoms with van der Waals surface area (Å²) < 4.78 is 0. The van der Waals surface area contributed by atoms with Gasteiger partial charge in [-0.25, -0.2) is 4.98 Å². The Hall–Kier alpha value is -1.57. The van der Waals surface area contributed by atoms with E-state index in [9.17, 15) is 0 Å². The first-order valence-electron chi connectivity index (χ1n) is 4.99. The van der Waals surface area contributed by atoms with E-state index < -0.39 is 0 Å². The normalized spacial score (nSPS) is 9.94. The van der Waals surface area contributed by atoms with Gasteiger partial charge in [-0.3, -0.25) is 0 Å². The van der Waals surface area contributed by atoms with Crippen LogP contribution in [0.1, 0.15) is 11.1 Å². The fourth-order valence-corrected chi connectivity index (χ4v) is 2.47. The van der Waals surface area contributed by atoms with Crippen molar-refractivity contribution in [2.75, 3.05) is 11.9 Å². The fourth-order valence-electron chi connectivity index (χ4n) is 1.52. The molecular formula is C12H10ClN3S. The quantitative estimate of drug-likeness (QED) is 0.853. The van der Waals surface area contributed by atoms with Crippen LogP contribution in [0.5, 0.6) is 0 Å². The zero-order chi connectivity index (χ0) is 12.3. The Morgan fingerprint density at radius 1 is 1.53 bits per heavy atom. The second-order valence-corrected chi connectivity index (χ2v) is 4.75. The van der Waals surface area contributed by atoms with Gasteiger partial charge in [0.15, 0.2) is 0 Å². The average molecular weight is 264 g/mol. The monoisotopic (exact) mass is 263 g/mol. The molecule has 0 aliphatic rings. The summed E-state index contributed by atoms with van der Waals surface area (Å²) in [5.74, 6) is 0.636. The molecule has 2 rings (SSSR count). The molecule has 0 N–H and O–H groups in total. The topological polar surface area (TPSA) is 39.9 Å².